The summed E-state index contributed by atoms with van der Waals surface area (Å²) in [6, 6.07) is 28.9. The van der Waals surface area contributed by atoms with Crippen LogP contribution in [0, 0.1) is 0 Å². The zero-order valence-corrected chi connectivity index (χ0v) is 22.0. The minimum atomic E-state index is -3.88. The van der Waals surface area contributed by atoms with Crippen molar-refractivity contribution in [3.05, 3.63) is 108 Å². The summed E-state index contributed by atoms with van der Waals surface area (Å²) in [6.45, 7) is 3.44. The van der Waals surface area contributed by atoms with Crippen LogP contribution in [-0.4, -0.2) is 33.7 Å². The molecular weight excluding hydrogens is 470 g/mol. The number of aliphatic hydroxyl groups excluding tert-OH is 1. The van der Waals surface area contributed by atoms with E-state index in [2.05, 4.69) is 4.72 Å². The molecule has 4 aromatic carbocycles. The van der Waals surface area contributed by atoms with Gasteiger partial charge in [-0.1, -0.05) is 84.9 Å². The van der Waals surface area contributed by atoms with Crippen molar-refractivity contribution in [2.24, 2.45) is 5.73 Å². The first-order chi connectivity index (χ1) is 17.1. The summed E-state index contributed by atoms with van der Waals surface area (Å²) >= 11 is 0. The van der Waals surface area contributed by atoms with Crippen LogP contribution in [0.5, 0.6) is 0 Å². The van der Waals surface area contributed by atoms with E-state index in [1.54, 1.807) is 26.0 Å². The van der Waals surface area contributed by atoms with Gasteiger partial charge in [-0.3, -0.25) is 0 Å². The second-order valence-corrected chi connectivity index (χ2v) is 10.7. The van der Waals surface area contributed by atoms with Gasteiger partial charge in [0, 0.05) is 36.7 Å². The summed E-state index contributed by atoms with van der Waals surface area (Å²) in [5, 5.41) is 9.61. The number of hydrogen-bond donors (Lipinski definition) is 3. The number of anilines is 1. The van der Waals surface area contributed by atoms with Crippen LogP contribution in [0.3, 0.4) is 0 Å². The van der Waals surface area contributed by atoms with Gasteiger partial charge in [-0.05, 0) is 37.1 Å². The molecule has 0 radical (unpaired) electrons. The smallest absolute Gasteiger partial charge is 0.241 e. The van der Waals surface area contributed by atoms with Crippen LogP contribution in [0.25, 0.3) is 10.8 Å². The first-order valence-corrected chi connectivity index (χ1v) is 13.3. The predicted molar refractivity (Wildman–Crippen MR) is 149 cm³/mol. The SMILES string of the molecule is CC(C)O.CN(C)c1cccc2c(S(=O)(=O)N[C@@H](c3ccccc3)[C@@H](N)c3ccccc3)cccc12. The normalized spacial score (nSPS) is 13.1. The number of nitrogens with one attached hydrogen (secondary N) is 1. The molecule has 0 aliphatic carbocycles. The van der Waals surface area contributed by atoms with Gasteiger partial charge in [-0.25, -0.2) is 13.1 Å². The topological polar surface area (TPSA) is 95.7 Å². The van der Waals surface area contributed by atoms with Crippen molar-refractivity contribution in [1.29, 1.82) is 0 Å². The van der Waals surface area contributed by atoms with Crippen molar-refractivity contribution < 1.29 is 13.5 Å². The molecule has 0 spiro atoms. The number of nitrogens with zero attached hydrogens (tertiary/aromatic N) is 1. The van der Waals surface area contributed by atoms with Gasteiger partial charge < -0.3 is 15.7 Å². The fourth-order valence-electron chi connectivity index (χ4n) is 4.00. The van der Waals surface area contributed by atoms with Gasteiger partial charge in [0.15, 0.2) is 0 Å². The maximum atomic E-state index is 13.7. The molecule has 190 valence electrons. The third-order valence-corrected chi connectivity index (χ3v) is 7.11. The maximum Gasteiger partial charge on any atom is 0.241 e. The summed E-state index contributed by atoms with van der Waals surface area (Å²) in [7, 11) is 0.00770. The van der Waals surface area contributed by atoms with E-state index in [0.29, 0.717) is 5.39 Å². The Morgan fingerprint density at radius 2 is 1.25 bits per heavy atom. The van der Waals surface area contributed by atoms with E-state index in [4.69, 9.17) is 10.8 Å². The molecule has 0 saturated heterocycles. The standard InChI is InChI=1S/C26H27N3O2S.C3H8O/c1-29(2)23-17-9-16-22-21(23)15-10-18-24(22)32(30,31)28-26(20-13-7-4-8-14-20)25(27)19-11-5-3-6-12-19;1-3(2)4/h3-18,25-26,28H,27H2,1-2H3;3-4H,1-2H3/t25-,26-;/m0./s1. The van der Waals surface area contributed by atoms with E-state index < -0.39 is 22.1 Å². The number of benzene rings is 4. The zero-order chi connectivity index (χ0) is 26.3. The van der Waals surface area contributed by atoms with Gasteiger partial charge in [0.1, 0.15) is 0 Å². The van der Waals surface area contributed by atoms with Gasteiger partial charge in [0.25, 0.3) is 0 Å². The Bertz CT molecular complexity index is 1360. The van der Waals surface area contributed by atoms with Crippen LogP contribution >= 0.6 is 0 Å². The summed E-state index contributed by atoms with van der Waals surface area (Å²) in [6.07, 6.45) is -0.167. The quantitative estimate of drug-likeness (QED) is 0.328. The van der Waals surface area contributed by atoms with Crippen molar-refractivity contribution in [3.8, 4) is 0 Å². The Kier molecular flexibility index (Phi) is 9.23. The number of rotatable bonds is 7. The molecule has 0 aromatic heterocycles. The highest BCUT2D eigenvalue weighted by molar-refractivity contribution is 7.89. The molecule has 4 aromatic rings. The van der Waals surface area contributed by atoms with Crippen LogP contribution in [-0.2, 0) is 10.0 Å². The Balaban J connectivity index is 0.000000840. The summed E-state index contributed by atoms with van der Waals surface area (Å²) < 4.78 is 30.2. The van der Waals surface area contributed by atoms with Crippen LogP contribution in [0.4, 0.5) is 5.69 Å². The maximum absolute atomic E-state index is 13.7. The van der Waals surface area contributed by atoms with E-state index in [1.165, 1.54) is 0 Å². The molecule has 0 saturated carbocycles. The summed E-state index contributed by atoms with van der Waals surface area (Å²) in [5.74, 6) is 0. The number of fused-ring (bicyclic) bond motifs is 1. The van der Waals surface area contributed by atoms with Crippen molar-refractivity contribution in [3.63, 3.8) is 0 Å². The Hall–Kier alpha value is -3.23. The fraction of sp³-hybridized carbons (Fsp3) is 0.241. The third-order valence-electron chi connectivity index (χ3n) is 5.61. The molecule has 0 bridgehead atoms. The summed E-state index contributed by atoms with van der Waals surface area (Å²) in [4.78, 5) is 2.21. The zero-order valence-electron chi connectivity index (χ0n) is 21.2. The molecular formula is C29H35N3O3S. The highest BCUT2D eigenvalue weighted by Gasteiger charge is 2.28. The molecule has 7 heteroatoms. The molecule has 36 heavy (non-hydrogen) atoms. The minimum absolute atomic E-state index is 0.167. The Morgan fingerprint density at radius 1 is 0.750 bits per heavy atom. The van der Waals surface area contributed by atoms with E-state index in [9.17, 15) is 8.42 Å². The Morgan fingerprint density at radius 3 is 1.81 bits per heavy atom. The number of sulfonamides is 1. The van der Waals surface area contributed by atoms with Gasteiger partial charge in [0.2, 0.25) is 10.0 Å². The lowest BCUT2D eigenvalue weighted by Crippen LogP contribution is -2.36. The average molecular weight is 506 g/mol. The van der Waals surface area contributed by atoms with Crippen molar-refractivity contribution >= 4 is 26.5 Å². The van der Waals surface area contributed by atoms with Crippen LogP contribution in [0.15, 0.2) is 102 Å². The molecule has 4 N–H and O–H groups in total. The van der Waals surface area contributed by atoms with E-state index in [1.807, 2.05) is 104 Å². The van der Waals surface area contributed by atoms with Crippen LogP contribution in [0.1, 0.15) is 37.1 Å². The molecule has 0 heterocycles. The second-order valence-electron chi connectivity index (χ2n) is 9.06. The monoisotopic (exact) mass is 505 g/mol. The van der Waals surface area contributed by atoms with E-state index in [0.717, 1.165) is 22.2 Å². The minimum Gasteiger partial charge on any atom is -0.394 e. The first-order valence-electron chi connectivity index (χ1n) is 11.9. The molecule has 4 rings (SSSR count). The van der Waals surface area contributed by atoms with Crippen molar-refractivity contribution in [2.45, 2.75) is 36.9 Å². The first kappa shape index (κ1) is 27.4. The van der Waals surface area contributed by atoms with Gasteiger partial charge in [-0.2, -0.15) is 0 Å². The Labute approximate surface area is 214 Å². The summed E-state index contributed by atoms with van der Waals surface area (Å²) in [5.41, 5.74) is 9.22. The largest absolute Gasteiger partial charge is 0.394 e. The van der Waals surface area contributed by atoms with Gasteiger partial charge >= 0.3 is 0 Å². The molecule has 2 atom stereocenters. The third kappa shape index (κ3) is 6.71. The van der Waals surface area contributed by atoms with E-state index >= 15 is 0 Å². The fourth-order valence-corrected chi connectivity index (χ4v) is 5.47. The van der Waals surface area contributed by atoms with Crippen LogP contribution in [0.2, 0.25) is 0 Å². The molecule has 0 amide bonds. The number of nitrogens with two attached hydrogens (primary N) is 1. The lowest BCUT2D eigenvalue weighted by molar-refractivity contribution is 0.216. The highest BCUT2D eigenvalue weighted by Crippen LogP contribution is 2.33. The molecule has 0 aliphatic rings. The molecule has 0 unspecified atom stereocenters. The number of aliphatic hydroxyl groups is 1. The molecule has 0 aliphatic heterocycles. The predicted octanol–water partition coefficient (Wildman–Crippen LogP) is 5.01. The molecule has 0 fully saturated rings. The second kappa shape index (κ2) is 12.1. The highest BCUT2D eigenvalue weighted by atomic mass is 32.2. The lowest BCUT2D eigenvalue weighted by Gasteiger charge is -2.26. The van der Waals surface area contributed by atoms with Gasteiger partial charge in [-0.15, -0.1) is 0 Å². The van der Waals surface area contributed by atoms with Gasteiger partial charge in [0.05, 0.1) is 17.0 Å². The molecule has 6 nitrogen and oxygen atoms in total. The van der Waals surface area contributed by atoms with E-state index in [-0.39, 0.29) is 11.0 Å². The van der Waals surface area contributed by atoms with Crippen LogP contribution < -0.4 is 15.4 Å². The van der Waals surface area contributed by atoms with Crippen molar-refractivity contribution in [1.82, 2.24) is 4.72 Å². The van der Waals surface area contributed by atoms with Crippen molar-refractivity contribution in [2.75, 3.05) is 19.0 Å². The number of hydrogen-bond acceptors (Lipinski definition) is 5. The average Bonchev–Trinajstić information content (AvgIpc) is 2.86. The lowest BCUT2D eigenvalue weighted by atomic mass is 9.95.